The van der Waals surface area contributed by atoms with Gasteiger partial charge in [0.1, 0.15) is 42.3 Å². The summed E-state index contributed by atoms with van der Waals surface area (Å²) in [6.07, 6.45) is 2.75. The molecule has 2 N–H and O–H groups in total. The van der Waals surface area contributed by atoms with Crippen LogP contribution in [0.2, 0.25) is 0 Å². The summed E-state index contributed by atoms with van der Waals surface area (Å²) in [5.74, 6) is 1.71. The molecule has 1 atom stereocenters. The lowest BCUT2D eigenvalue weighted by Gasteiger charge is -2.45. The van der Waals surface area contributed by atoms with Crippen molar-refractivity contribution in [3.63, 3.8) is 0 Å². The zero-order chi connectivity index (χ0) is 24.4. The lowest BCUT2D eigenvalue weighted by atomic mass is 9.86. The van der Waals surface area contributed by atoms with Crippen LogP contribution in [0, 0.1) is 5.21 Å². The van der Waals surface area contributed by atoms with E-state index in [1.165, 1.54) is 0 Å². The number of hydrogen-bond donors (Lipinski definition) is 2. The lowest BCUT2D eigenvalue weighted by Crippen LogP contribution is -2.48. The van der Waals surface area contributed by atoms with E-state index in [1.54, 1.807) is 24.3 Å². The molecular formula is C29H31NO5. The number of nitrogens with zero attached hydrogens (tertiary/aromatic N) is 1. The lowest BCUT2D eigenvalue weighted by molar-refractivity contribution is -0.885. The maximum absolute atomic E-state index is 12.7. The smallest absolute Gasteiger partial charge is 0.150 e. The number of allylic oxidation sites excluding steroid dienone is 1. The number of likely N-dealkylation sites (tertiary alicyclic amines) is 1. The quantitative estimate of drug-likeness (QED) is 0.337. The highest BCUT2D eigenvalue weighted by atomic mass is 16.6. The third-order valence-electron chi connectivity index (χ3n) is 7.04. The van der Waals surface area contributed by atoms with E-state index >= 15 is 0 Å². The number of ether oxygens (including phenoxy) is 2. The van der Waals surface area contributed by atoms with Gasteiger partial charge in [0.15, 0.2) is 0 Å². The van der Waals surface area contributed by atoms with Crippen molar-refractivity contribution in [2.75, 3.05) is 26.2 Å². The molecule has 2 aliphatic rings. The highest BCUT2D eigenvalue weighted by molar-refractivity contribution is 5.95. The van der Waals surface area contributed by atoms with Gasteiger partial charge >= 0.3 is 0 Å². The SMILES string of the molecule is CC1=C(c2ccc(O)cc2)[C@H](c2ccc(OCC[N+]3([O-])CCCCC3)cc2)Oc2cc(O)ccc21. The Kier molecular flexibility index (Phi) is 6.41. The van der Waals surface area contributed by atoms with E-state index in [9.17, 15) is 15.4 Å². The summed E-state index contributed by atoms with van der Waals surface area (Å²) in [5.41, 5.74) is 4.87. The largest absolute Gasteiger partial charge is 0.633 e. The van der Waals surface area contributed by atoms with E-state index in [4.69, 9.17) is 9.47 Å². The Balaban J connectivity index is 1.39. The van der Waals surface area contributed by atoms with Crippen LogP contribution in [0.1, 0.15) is 49.0 Å². The third kappa shape index (κ3) is 4.99. The van der Waals surface area contributed by atoms with Gasteiger partial charge in [-0.05, 0) is 79.3 Å². The van der Waals surface area contributed by atoms with Gasteiger partial charge in [-0.25, -0.2) is 0 Å². The summed E-state index contributed by atoms with van der Waals surface area (Å²) in [6.45, 7) is 4.29. The number of hydrogen-bond acceptors (Lipinski definition) is 5. The molecule has 0 aromatic heterocycles. The van der Waals surface area contributed by atoms with Gasteiger partial charge in [-0.1, -0.05) is 24.3 Å². The number of piperidine rings is 1. The number of benzene rings is 3. The molecule has 5 rings (SSSR count). The maximum atomic E-state index is 12.7. The van der Waals surface area contributed by atoms with Crippen LogP contribution in [-0.2, 0) is 0 Å². The molecule has 0 unspecified atom stereocenters. The van der Waals surface area contributed by atoms with E-state index in [-0.39, 0.29) is 16.1 Å². The molecule has 6 nitrogen and oxygen atoms in total. The van der Waals surface area contributed by atoms with Gasteiger partial charge < -0.3 is 29.5 Å². The Labute approximate surface area is 205 Å². The standard InChI is InChI=1S/C29H31NO5/c1-20-26-14-11-24(32)19-27(26)35-29(28(20)21-5-9-23(31)10-6-21)22-7-12-25(13-8-22)34-18-17-30(33)15-3-2-4-16-30/h5-14,19,29,31-32H,2-4,15-18H2,1H3/t29-/m0/s1. The van der Waals surface area contributed by atoms with E-state index in [1.807, 2.05) is 49.4 Å². The second-order valence-corrected chi connectivity index (χ2v) is 9.47. The van der Waals surface area contributed by atoms with Crippen LogP contribution in [0.25, 0.3) is 11.1 Å². The number of phenolic OH excluding ortho intramolecular Hbond substituents is 2. The normalized spacial score (nSPS) is 19.1. The molecule has 182 valence electrons. The first-order chi connectivity index (χ1) is 16.9. The number of quaternary nitrogens is 1. The zero-order valence-electron chi connectivity index (χ0n) is 19.9. The molecule has 2 aliphatic heterocycles. The van der Waals surface area contributed by atoms with Crippen molar-refractivity contribution in [2.24, 2.45) is 0 Å². The number of aromatic hydroxyl groups is 2. The van der Waals surface area contributed by atoms with E-state index in [0.29, 0.717) is 32.0 Å². The summed E-state index contributed by atoms with van der Waals surface area (Å²) in [5, 5.41) is 32.5. The summed E-state index contributed by atoms with van der Waals surface area (Å²) in [6, 6.07) is 20.0. The van der Waals surface area contributed by atoms with Crippen LogP contribution in [-0.4, -0.2) is 41.1 Å². The van der Waals surface area contributed by atoms with E-state index in [0.717, 1.165) is 52.8 Å². The molecule has 1 fully saturated rings. The number of fused-ring (bicyclic) bond motifs is 1. The molecule has 1 saturated heterocycles. The molecule has 0 saturated carbocycles. The van der Waals surface area contributed by atoms with Gasteiger partial charge in [0.25, 0.3) is 0 Å². The Morgan fingerprint density at radius 1 is 0.914 bits per heavy atom. The minimum absolute atomic E-state index is 0.152. The van der Waals surface area contributed by atoms with Crippen LogP contribution < -0.4 is 9.47 Å². The first kappa shape index (κ1) is 23.3. The summed E-state index contributed by atoms with van der Waals surface area (Å²) >= 11 is 0. The van der Waals surface area contributed by atoms with Gasteiger partial charge in [-0.3, -0.25) is 0 Å². The number of hydroxylamine groups is 3. The van der Waals surface area contributed by atoms with Crippen LogP contribution in [0.4, 0.5) is 0 Å². The summed E-state index contributed by atoms with van der Waals surface area (Å²) < 4.78 is 12.2. The minimum Gasteiger partial charge on any atom is -0.633 e. The molecule has 6 heteroatoms. The van der Waals surface area contributed by atoms with Crippen molar-refractivity contribution in [3.8, 4) is 23.0 Å². The molecule has 3 aromatic carbocycles. The predicted molar refractivity (Wildman–Crippen MR) is 136 cm³/mol. The summed E-state index contributed by atoms with van der Waals surface area (Å²) in [7, 11) is 0. The van der Waals surface area contributed by atoms with Gasteiger partial charge in [-0.2, -0.15) is 0 Å². The van der Waals surface area contributed by atoms with E-state index < -0.39 is 6.10 Å². The Morgan fingerprint density at radius 2 is 1.60 bits per heavy atom. The highest BCUT2D eigenvalue weighted by Gasteiger charge is 2.29. The molecule has 35 heavy (non-hydrogen) atoms. The van der Waals surface area contributed by atoms with Crippen LogP contribution >= 0.6 is 0 Å². The fourth-order valence-electron chi connectivity index (χ4n) is 5.07. The summed E-state index contributed by atoms with van der Waals surface area (Å²) in [4.78, 5) is 0. The monoisotopic (exact) mass is 473 g/mol. The fraction of sp³-hybridized carbons (Fsp3) is 0.310. The fourth-order valence-corrected chi connectivity index (χ4v) is 5.07. The Hall–Kier alpha value is -3.48. The molecular weight excluding hydrogens is 442 g/mol. The molecule has 2 heterocycles. The van der Waals surface area contributed by atoms with Crippen LogP contribution in [0.3, 0.4) is 0 Å². The first-order valence-corrected chi connectivity index (χ1v) is 12.2. The van der Waals surface area contributed by atoms with Crippen molar-refractivity contribution in [2.45, 2.75) is 32.3 Å². The average Bonchev–Trinajstić information content (AvgIpc) is 2.85. The number of phenols is 2. The Bertz CT molecular complexity index is 1210. The highest BCUT2D eigenvalue weighted by Crippen LogP contribution is 2.47. The molecule has 0 radical (unpaired) electrons. The van der Waals surface area contributed by atoms with Gasteiger partial charge in [0.2, 0.25) is 0 Å². The minimum atomic E-state index is -0.397. The van der Waals surface area contributed by atoms with Gasteiger partial charge in [0.05, 0.1) is 13.1 Å². The molecule has 0 aliphatic carbocycles. The van der Waals surface area contributed by atoms with Crippen molar-refractivity contribution in [1.29, 1.82) is 0 Å². The van der Waals surface area contributed by atoms with Gasteiger partial charge in [0, 0.05) is 17.2 Å². The Morgan fingerprint density at radius 3 is 2.31 bits per heavy atom. The topological polar surface area (TPSA) is 82.0 Å². The van der Waals surface area contributed by atoms with Gasteiger partial charge in [-0.15, -0.1) is 0 Å². The molecule has 3 aromatic rings. The van der Waals surface area contributed by atoms with Crippen molar-refractivity contribution < 1.29 is 24.3 Å². The maximum Gasteiger partial charge on any atom is 0.150 e. The molecule has 0 amide bonds. The first-order valence-electron chi connectivity index (χ1n) is 12.2. The zero-order valence-corrected chi connectivity index (χ0v) is 19.9. The molecule has 0 spiro atoms. The van der Waals surface area contributed by atoms with Crippen molar-refractivity contribution in [1.82, 2.24) is 0 Å². The molecule has 0 bridgehead atoms. The van der Waals surface area contributed by atoms with Crippen molar-refractivity contribution >= 4 is 11.1 Å². The van der Waals surface area contributed by atoms with E-state index in [2.05, 4.69) is 0 Å². The second kappa shape index (κ2) is 9.64. The van der Waals surface area contributed by atoms with Crippen LogP contribution in [0.15, 0.2) is 66.7 Å². The number of rotatable bonds is 6. The second-order valence-electron chi connectivity index (χ2n) is 9.47. The third-order valence-corrected chi connectivity index (χ3v) is 7.04. The van der Waals surface area contributed by atoms with Crippen LogP contribution in [0.5, 0.6) is 23.0 Å². The van der Waals surface area contributed by atoms with Crippen molar-refractivity contribution in [3.05, 3.63) is 88.6 Å². The predicted octanol–water partition coefficient (Wildman–Crippen LogP) is 6.04. The average molecular weight is 474 g/mol.